The van der Waals surface area contributed by atoms with E-state index in [4.69, 9.17) is 4.74 Å². The van der Waals surface area contributed by atoms with Gasteiger partial charge in [-0.05, 0) is 25.7 Å². The van der Waals surface area contributed by atoms with Gasteiger partial charge in [0.15, 0.2) is 0 Å². The van der Waals surface area contributed by atoms with Crippen molar-refractivity contribution in [1.29, 1.82) is 0 Å². The van der Waals surface area contributed by atoms with Crippen molar-refractivity contribution in [2.75, 3.05) is 19.8 Å². The number of rotatable bonds is 7. The first-order chi connectivity index (χ1) is 9.91. The molecule has 21 heavy (non-hydrogen) atoms. The average molecular weight is 292 g/mol. The molecular formula is C16H24N2O3. The van der Waals surface area contributed by atoms with Crippen molar-refractivity contribution in [2.45, 2.75) is 33.6 Å². The molecule has 0 bridgehead atoms. The topological polar surface area (TPSA) is 71.5 Å². The molecule has 1 fully saturated rings. The van der Waals surface area contributed by atoms with Crippen LogP contribution in [0.3, 0.4) is 0 Å². The van der Waals surface area contributed by atoms with Crippen molar-refractivity contribution >= 4 is 5.91 Å². The summed E-state index contributed by atoms with van der Waals surface area (Å²) in [5.41, 5.74) is 0.939. The van der Waals surface area contributed by atoms with Gasteiger partial charge in [-0.25, -0.2) is 0 Å². The molecule has 5 nitrogen and oxygen atoms in total. The van der Waals surface area contributed by atoms with E-state index in [-0.39, 0.29) is 17.9 Å². The fourth-order valence-electron chi connectivity index (χ4n) is 1.74. The molecule has 0 radical (unpaired) electrons. The van der Waals surface area contributed by atoms with Gasteiger partial charge >= 0.3 is 0 Å². The molecule has 116 valence electrons. The van der Waals surface area contributed by atoms with Crippen LogP contribution in [0.25, 0.3) is 0 Å². The Hall–Kier alpha value is -1.62. The quantitative estimate of drug-likeness (QED) is 0.805. The molecule has 1 aliphatic carbocycles. The molecule has 0 unspecified atom stereocenters. The van der Waals surface area contributed by atoms with Crippen molar-refractivity contribution in [1.82, 2.24) is 10.3 Å². The predicted octanol–water partition coefficient (Wildman–Crippen LogP) is 1.93. The third-order valence-electron chi connectivity index (χ3n) is 3.61. The number of ether oxygens (including phenoxy) is 1. The molecule has 1 aromatic rings. The molecular weight excluding hydrogens is 268 g/mol. The minimum atomic E-state index is -0.342. The molecule has 1 saturated carbocycles. The number of aryl methyl sites for hydroxylation is 1. The van der Waals surface area contributed by atoms with E-state index in [2.05, 4.69) is 10.3 Å². The number of aromatic nitrogens is 1. The SMILES string of the molecule is Cc1cnc(C(=O)NCC(C)(C)CO)cc1OCC1CC1. The van der Waals surface area contributed by atoms with Gasteiger partial charge in [0.25, 0.3) is 5.91 Å². The Bertz CT molecular complexity index is 510. The lowest BCUT2D eigenvalue weighted by atomic mass is 9.95. The average Bonchev–Trinajstić information content (AvgIpc) is 3.28. The zero-order chi connectivity index (χ0) is 15.5. The summed E-state index contributed by atoms with van der Waals surface area (Å²) in [5, 5.41) is 12.0. The van der Waals surface area contributed by atoms with Crippen molar-refractivity contribution in [3.63, 3.8) is 0 Å². The minimum absolute atomic E-state index is 0.0182. The number of amides is 1. The van der Waals surface area contributed by atoms with Gasteiger partial charge in [-0.3, -0.25) is 9.78 Å². The molecule has 1 aromatic heterocycles. The second kappa shape index (κ2) is 6.43. The van der Waals surface area contributed by atoms with E-state index in [1.807, 2.05) is 20.8 Å². The Balaban J connectivity index is 1.97. The monoisotopic (exact) mass is 292 g/mol. The van der Waals surface area contributed by atoms with Gasteiger partial charge in [-0.1, -0.05) is 13.8 Å². The minimum Gasteiger partial charge on any atom is -0.493 e. The fraction of sp³-hybridized carbons (Fsp3) is 0.625. The Morgan fingerprint density at radius 2 is 2.24 bits per heavy atom. The molecule has 2 rings (SSSR count). The summed E-state index contributed by atoms with van der Waals surface area (Å²) >= 11 is 0. The Labute approximate surface area is 125 Å². The van der Waals surface area contributed by atoms with Gasteiger partial charge in [0.2, 0.25) is 0 Å². The van der Waals surface area contributed by atoms with E-state index in [1.54, 1.807) is 12.3 Å². The lowest BCUT2D eigenvalue weighted by Gasteiger charge is -2.21. The largest absolute Gasteiger partial charge is 0.493 e. The number of hydrogen-bond donors (Lipinski definition) is 2. The van der Waals surface area contributed by atoms with Crippen molar-refractivity contribution in [3.8, 4) is 5.75 Å². The van der Waals surface area contributed by atoms with Crippen LogP contribution in [-0.4, -0.2) is 35.8 Å². The van der Waals surface area contributed by atoms with Crippen LogP contribution in [0.1, 0.15) is 42.7 Å². The van der Waals surface area contributed by atoms with Gasteiger partial charge in [0.05, 0.1) is 6.61 Å². The number of carbonyl (C=O) groups is 1. The predicted molar refractivity (Wildman–Crippen MR) is 80.4 cm³/mol. The molecule has 0 saturated heterocycles. The van der Waals surface area contributed by atoms with Crippen LogP contribution in [0.4, 0.5) is 0 Å². The van der Waals surface area contributed by atoms with E-state index < -0.39 is 0 Å². The second-order valence-corrected chi connectivity index (χ2v) is 6.59. The van der Waals surface area contributed by atoms with Crippen LogP contribution in [0.15, 0.2) is 12.3 Å². The molecule has 2 N–H and O–H groups in total. The summed E-state index contributed by atoms with van der Waals surface area (Å²) in [6.45, 7) is 6.83. The van der Waals surface area contributed by atoms with Gasteiger partial charge in [-0.15, -0.1) is 0 Å². The molecule has 1 heterocycles. The van der Waals surface area contributed by atoms with Crippen LogP contribution < -0.4 is 10.1 Å². The Morgan fingerprint density at radius 3 is 2.86 bits per heavy atom. The maximum absolute atomic E-state index is 12.1. The van der Waals surface area contributed by atoms with Crippen molar-refractivity contribution in [3.05, 3.63) is 23.5 Å². The summed E-state index contributed by atoms with van der Waals surface area (Å²) in [5.74, 6) is 1.15. The van der Waals surface area contributed by atoms with Crippen LogP contribution in [-0.2, 0) is 0 Å². The Morgan fingerprint density at radius 1 is 1.52 bits per heavy atom. The van der Waals surface area contributed by atoms with Gasteiger partial charge < -0.3 is 15.2 Å². The summed E-state index contributed by atoms with van der Waals surface area (Å²) in [4.78, 5) is 16.3. The van der Waals surface area contributed by atoms with E-state index in [0.29, 0.717) is 24.8 Å². The first-order valence-electron chi connectivity index (χ1n) is 7.40. The number of carbonyl (C=O) groups excluding carboxylic acids is 1. The highest BCUT2D eigenvalue weighted by atomic mass is 16.5. The lowest BCUT2D eigenvalue weighted by Crippen LogP contribution is -2.36. The Kier molecular flexibility index (Phi) is 4.83. The summed E-state index contributed by atoms with van der Waals surface area (Å²) in [6, 6.07) is 1.69. The summed E-state index contributed by atoms with van der Waals surface area (Å²) in [6.07, 6.45) is 4.12. The van der Waals surface area contributed by atoms with Gasteiger partial charge in [0.1, 0.15) is 11.4 Å². The first kappa shape index (κ1) is 15.8. The van der Waals surface area contributed by atoms with Crippen molar-refractivity contribution in [2.24, 2.45) is 11.3 Å². The van der Waals surface area contributed by atoms with Crippen LogP contribution in [0.2, 0.25) is 0 Å². The number of pyridine rings is 1. The lowest BCUT2D eigenvalue weighted by molar-refractivity contribution is 0.0905. The highest BCUT2D eigenvalue weighted by Gasteiger charge is 2.23. The molecule has 0 aromatic carbocycles. The molecule has 5 heteroatoms. The van der Waals surface area contributed by atoms with E-state index >= 15 is 0 Å². The van der Waals surface area contributed by atoms with Crippen LogP contribution >= 0.6 is 0 Å². The van der Waals surface area contributed by atoms with Gasteiger partial charge in [-0.2, -0.15) is 0 Å². The fourth-order valence-corrected chi connectivity index (χ4v) is 1.74. The third-order valence-corrected chi connectivity index (χ3v) is 3.61. The molecule has 1 aliphatic rings. The van der Waals surface area contributed by atoms with E-state index in [9.17, 15) is 9.90 Å². The number of hydrogen-bond acceptors (Lipinski definition) is 4. The third kappa shape index (κ3) is 4.70. The molecule has 0 spiro atoms. The van der Waals surface area contributed by atoms with Crippen LogP contribution in [0, 0.1) is 18.3 Å². The van der Waals surface area contributed by atoms with E-state index in [1.165, 1.54) is 12.8 Å². The van der Waals surface area contributed by atoms with Crippen molar-refractivity contribution < 1.29 is 14.6 Å². The molecule has 0 atom stereocenters. The zero-order valence-corrected chi connectivity index (χ0v) is 13.0. The molecule has 1 amide bonds. The number of aliphatic hydroxyl groups is 1. The smallest absolute Gasteiger partial charge is 0.270 e. The first-order valence-corrected chi connectivity index (χ1v) is 7.40. The molecule has 0 aliphatic heterocycles. The normalized spacial score (nSPS) is 14.9. The number of aliphatic hydroxyl groups excluding tert-OH is 1. The van der Waals surface area contributed by atoms with Crippen LogP contribution in [0.5, 0.6) is 5.75 Å². The highest BCUT2D eigenvalue weighted by molar-refractivity contribution is 5.92. The standard InChI is InChI=1S/C16H24N2O3/c1-11-7-17-13(6-14(11)21-8-12-4-5-12)15(20)18-9-16(2,3)10-19/h6-7,12,19H,4-5,8-10H2,1-3H3,(H,18,20). The second-order valence-electron chi connectivity index (χ2n) is 6.59. The maximum Gasteiger partial charge on any atom is 0.270 e. The zero-order valence-electron chi connectivity index (χ0n) is 13.0. The highest BCUT2D eigenvalue weighted by Crippen LogP contribution is 2.30. The summed E-state index contributed by atoms with van der Waals surface area (Å²) in [7, 11) is 0. The van der Waals surface area contributed by atoms with E-state index in [0.717, 1.165) is 11.3 Å². The number of nitrogens with zero attached hydrogens (tertiary/aromatic N) is 1. The maximum atomic E-state index is 12.1. The number of nitrogens with one attached hydrogen (secondary N) is 1. The summed E-state index contributed by atoms with van der Waals surface area (Å²) < 4.78 is 5.76. The van der Waals surface area contributed by atoms with Gasteiger partial charge in [0, 0.05) is 36.4 Å².